The van der Waals surface area contributed by atoms with Gasteiger partial charge in [-0.1, -0.05) is 18.2 Å². The molecule has 2 heterocycles. The summed E-state index contributed by atoms with van der Waals surface area (Å²) < 4.78 is 0. The first-order valence-corrected chi connectivity index (χ1v) is 10.1. The van der Waals surface area contributed by atoms with Gasteiger partial charge in [0, 0.05) is 22.7 Å². The summed E-state index contributed by atoms with van der Waals surface area (Å²) in [5.74, 6) is 0.997. The van der Waals surface area contributed by atoms with E-state index in [1.807, 2.05) is 0 Å². The van der Waals surface area contributed by atoms with Crippen LogP contribution in [0.1, 0.15) is 39.9 Å². The van der Waals surface area contributed by atoms with Crippen LogP contribution < -0.4 is 0 Å². The Kier molecular flexibility index (Phi) is 5.23. The third-order valence-corrected chi connectivity index (χ3v) is 6.14. The summed E-state index contributed by atoms with van der Waals surface area (Å²) in [4.78, 5) is 18.2. The third kappa shape index (κ3) is 3.97. The topological polar surface area (TPSA) is 56.3 Å². The Balaban J connectivity index is 1.34. The van der Waals surface area contributed by atoms with Crippen molar-refractivity contribution in [1.29, 1.82) is 0 Å². The summed E-state index contributed by atoms with van der Waals surface area (Å²) in [6.45, 7) is 6.71. The highest BCUT2D eigenvalue weighted by molar-refractivity contribution is 6.09. The number of phenolic OH excluding ortho intramolecular Hbond substituents is 1. The van der Waals surface area contributed by atoms with Gasteiger partial charge < -0.3 is 10.1 Å². The molecule has 4 rings (SSSR count). The predicted molar refractivity (Wildman–Crippen MR) is 113 cm³/mol. The summed E-state index contributed by atoms with van der Waals surface area (Å²) in [5.41, 5.74) is 5.70. The number of hydrogen-bond donors (Lipinski definition) is 2. The first-order valence-electron chi connectivity index (χ1n) is 10.1. The van der Waals surface area contributed by atoms with E-state index < -0.39 is 0 Å². The number of likely N-dealkylation sites (tertiary alicyclic amines) is 1. The van der Waals surface area contributed by atoms with Crippen LogP contribution in [0.15, 0.2) is 42.6 Å². The Morgan fingerprint density at radius 1 is 1.11 bits per heavy atom. The maximum absolute atomic E-state index is 12.8. The number of phenols is 1. The van der Waals surface area contributed by atoms with Crippen LogP contribution in [0.3, 0.4) is 0 Å². The zero-order valence-electron chi connectivity index (χ0n) is 16.7. The second-order valence-corrected chi connectivity index (χ2v) is 8.20. The van der Waals surface area contributed by atoms with Crippen molar-refractivity contribution in [2.45, 2.75) is 33.1 Å². The monoisotopic (exact) mass is 376 g/mol. The van der Waals surface area contributed by atoms with Gasteiger partial charge in [-0.15, -0.1) is 0 Å². The molecular formula is C24H28N2O2. The number of hydrogen-bond acceptors (Lipinski definition) is 3. The summed E-state index contributed by atoms with van der Waals surface area (Å²) in [6.07, 6.45) is 5.16. The normalized spacial score (nSPS) is 15.9. The van der Waals surface area contributed by atoms with E-state index in [4.69, 9.17) is 0 Å². The first kappa shape index (κ1) is 18.8. The minimum atomic E-state index is 0.115. The SMILES string of the molecule is Cc1ccc(CC2CCN(CC(=O)c3c[nH]c4ccc(O)cc34)CC2)cc1C. The van der Waals surface area contributed by atoms with Crippen LogP contribution in [0.5, 0.6) is 5.75 Å². The largest absolute Gasteiger partial charge is 0.508 e. The van der Waals surface area contributed by atoms with Gasteiger partial charge in [-0.3, -0.25) is 9.69 Å². The standard InChI is InChI=1S/C24H28N2O2/c1-16-3-4-19(11-17(16)2)12-18-7-9-26(10-8-18)15-24(28)22-14-25-23-6-5-20(27)13-21(22)23/h3-6,11,13-14,18,25,27H,7-10,12,15H2,1-2H3. The summed E-state index contributed by atoms with van der Waals surface area (Å²) >= 11 is 0. The molecule has 0 atom stereocenters. The van der Waals surface area contributed by atoms with Crippen molar-refractivity contribution in [3.63, 3.8) is 0 Å². The smallest absolute Gasteiger partial charge is 0.178 e. The average molecular weight is 377 g/mol. The number of rotatable bonds is 5. The summed E-state index contributed by atoms with van der Waals surface area (Å²) in [5, 5.41) is 10.5. The lowest BCUT2D eigenvalue weighted by molar-refractivity contribution is 0.0897. The number of aromatic hydroxyl groups is 1. The van der Waals surface area contributed by atoms with Crippen LogP contribution >= 0.6 is 0 Å². The van der Waals surface area contributed by atoms with Crippen LogP contribution in [0.25, 0.3) is 10.9 Å². The van der Waals surface area contributed by atoms with Gasteiger partial charge in [0.1, 0.15) is 5.75 Å². The number of Topliss-reactive ketones (excluding diaryl/α,β-unsaturated/α-hetero) is 1. The first-order chi connectivity index (χ1) is 13.5. The van der Waals surface area contributed by atoms with Gasteiger partial charge in [0.15, 0.2) is 5.78 Å². The van der Waals surface area contributed by atoms with E-state index in [1.54, 1.807) is 24.4 Å². The molecule has 0 amide bonds. The minimum Gasteiger partial charge on any atom is -0.508 e. The molecule has 2 aromatic carbocycles. The number of carbonyl (C=O) groups is 1. The Morgan fingerprint density at radius 3 is 2.64 bits per heavy atom. The number of aryl methyl sites for hydroxylation is 2. The fourth-order valence-corrected chi connectivity index (χ4v) is 4.24. The number of aromatic nitrogens is 1. The number of piperidine rings is 1. The molecule has 3 aromatic rings. The second kappa shape index (κ2) is 7.80. The molecule has 1 aliphatic rings. The van der Waals surface area contributed by atoms with Gasteiger partial charge in [-0.2, -0.15) is 0 Å². The number of carbonyl (C=O) groups excluding carboxylic acids is 1. The van der Waals surface area contributed by atoms with E-state index >= 15 is 0 Å². The molecule has 0 unspecified atom stereocenters. The van der Waals surface area contributed by atoms with Crippen molar-refractivity contribution < 1.29 is 9.90 Å². The Labute approximate surface area is 166 Å². The number of nitrogens with one attached hydrogen (secondary N) is 1. The quantitative estimate of drug-likeness (QED) is 0.639. The van der Waals surface area contributed by atoms with Crippen molar-refractivity contribution in [2.24, 2.45) is 5.92 Å². The predicted octanol–water partition coefficient (Wildman–Crippen LogP) is 4.63. The zero-order valence-corrected chi connectivity index (χ0v) is 16.7. The van der Waals surface area contributed by atoms with Gasteiger partial charge in [0.2, 0.25) is 0 Å². The molecule has 28 heavy (non-hydrogen) atoms. The number of nitrogens with zero attached hydrogens (tertiary/aromatic N) is 1. The van der Waals surface area contributed by atoms with Crippen molar-refractivity contribution in [3.05, 3.63) is 64.8 Å². The highest BCUT2D eigenvalue weighted by Crippen LogP contribution is 2.25. The van der Waals surface area contributed by atoms with Crippen LogP contribution in [0, 0.1) is 19.8 Å². The lowest BCUT2D eigenvalue weighted by atomic mass is 9.89. The Bertz CT molecular complexity index is 997. The highest BCUT2D eigenvalue weighted by Gasteiger charge is 2.22. The zero-order chi connectivity index (χ0) is 19.7. The fraction of sp³-hybridized carbons (Fsp3) is 0.375. The minimum absolute atomic E-state index is 0.115. The average Bonchev–Trinajstić information content (AvgIpc) is 3.09. The van der Waals surface area contributed by atoms with E-state index in [9.17, 15) is 9.90 Å². The van der Waals surface area contributed by atoms with Gasteiger partial charge in [0.05, 0.1) is 6.54 Å². The molecule has 0 aliphatic carbocycles. The van der Waals surface area contributed by atoms with E-state index in [0.717, 1.165) is 43.3 Å². The molecule has 146 valence electrons. The summed E-state index contributed by atoms with van der Waals surface area (Å²) in [6, 6.07) is 11.9. The molecule has 4 nitrogen and oxygen atoms in total. The lowest BCUT2D eigenvalue weighted by Gasteiger charge is -2.31. The number of H-pyrrole nitrogens is 1. The van der Waals surface area contributed by atoms with E-state index in [0.29, 0.717) is 18.0 Å². The van der Waals surface area contributed by atoms with Gasteiger partial charge in [0.25, 0.3) is 0 Å². The van der Waals surface area contributed by atoms with Gasteiger partial charge >= 0.3 is 0 Å². The lowest BCUT2D eigenvalue weighted by Crippen LogP contribution is -2.37. The maximum atomic E-state index is 12.8. The fourth-order valence-electron chi connectivity index (χ4n) is 4.24. The van der Waals surface area contributed by atoms with E-state index in [-0.39, 0.29) is 11.5 Å². The van der Waals surface area contributed by atoms with Crippen LogP contribution in [-0.4, -0.2) is 40.4 Å². The van der Waals surface area contributed by atoms with Crippen LogP contribution in [0.4, 0.5) is 0 Å². The van der Waals surface area contributed by atoms with E-state index in [1.165, 1.54) is 16.7 Å². The molecule has 1 saturated heterocycles. The van der Waals surface area contributed by atoms with Crippen molar-refractivity contribution in [3.8, 4) is 5.75 Å². The van der Waals surface area contributed by atoms with Crippen molar-refractivity contribution in [2.75, 3.05) is 19.6 Å². The Hall–Kier alpha value is -2.59. The summed E-state index contributed by atoms with van der Waals surface area (Å²) in [7, 11) is 0. The van der Waals surface area contributed by atoms with Gasteiger partial charge in [-0.05, 0) is 87.0 Å². The van der Waals surface area contributed by atoms with Crippen molar-refractivity contribution >= 4 is 16.7 Å². The maximum Gasteiger partial charge on any atom is 0.178 e. The molecular weight excluding hydrogens is 348 g/mol. The number of aromatic amines is 1. The molecule has 0 bridgehead atoms. The van der Waals surface area contributed by atoms with Crippen molar-refractivity contribution in [1.82, 2.24) is 9.88 Å². The Morgan fingerprint density at radius 2 is 1.89 bits per heavy atom. The number of ketones is 1. The number of benzene rings is 2. The van der Waals surface area contributed by atoms with Crippen LogP contribution in [-0.2, 0) is 6.42 Å². The third-order valence-electron chi connectivity index (χ3n) is 6.14. The molecule has 0 spiro atoms. The second-order valence-electron chi connectivity index (χ2n) is 8.20. The molecule has 2 N–H and O–H groups in total. The molecule has 4 heteroatoms. The highest BCUT2D eigenvalue weighted by atomic mass is 16.3. The molecule has 0 saturated carbocycles. The molecule has 1 aromatic heterocycles. The molecule has 1 aliphatic heterocycles. The van der Waals surface area contributed by atoms with Crippen LogP contribution in [0.2, 0.25) is 0 Å². The van der Waals surface area contributed by atoms with Gasteiger partial charge in [-0.25, -0.2) is 0 Å². The number of fused-ring (bicyclic) bond motifs is 1. The molecule has 0 radical (unpaired) electrons. The van der Waals surface area contributed by atoms with E-state index in [2.05, 4.69) is 41.9 Å². The molecule has 1 fully saturated rings.